The summed E-state index contributed by atoms with van der Waals surface area (Å²) in [6, 6.07) is 19.3. The van der Waals surface area contributed by atoms with Gasteiger partial charge in [0.2, 0.25) is 0 Å². The fourth-order valence-electron chi connectivity index (χ4n) is 4.58. The minimum absolute atomic E-state index is 0.0969. The topological polar surface area (TPSA) is 54.3 Å². The number of nitrogens with one attached hydrogen (secondary N) is 1. The molecule has 4 aromatic rings. The summed E-state index contributed by atoms with van der Waals surface area (Å²) in [6.07, 6.45) is 0.643. The number of hydrogen-bond donors (Lipinski definition) is 2. The summed E-state index contributed by atoms with van der Waals surface area (Å²) < 4.78 is 2.11. The van der Waals surface area contributed by atoms with Crippen molar-refractivity contribution in [2.75, 3.05) is 0 Å². The number of carbonyl (C=O) groups is 1. The van der Waals surface area contributed by atoms with Gasteiger partial charge in [0, 0.05) is 40.7 Å². The molecule has 1 amide bonds. The maximum Gasteiger partial charge on any atom is 0.251 e. The summed E-state index contributed by atoms with van der Waals surface area (Å²) >= 11 is 6.14. The van der Waals surface area contributed by atoms with Gasteiger partial charge in [0.05, 0.1) is 6.04 Å². The summed E-state index contributed by atoms with van der Waals surface area (Å²) in [4.78, 5) is 13.1. The number of phenols is 1. The number of phenolic OH excluding ortho intramolecular Hbond substituents is 1. The van der Waals surface area contributed by atoms with Gasteiger partial charge in [-0.3, -0.25) is 4.79 Å². The average molecular weight is 489 g/mol. The molecule has 4 nitrogen and oxygen atoms in total. The van der Waals surface area contributed by atoms with Crippen LogP contribution in [-0.4, -0.2) is 15.6 Å². The first kappa shape index (κ1) is 24.9. The van der Waals surface area contributed by atoms with Crippen molar-refractivity contribution in [2.24, 2.45) is 7.05 Å². The standard InChI is InChI=1S/C30H33ClN2O2/c1-18(21-7-10-23(11-8-21)30(3,4)5)32-29(35)22-9-12-26-27(19(2)33(6)28(26)16-22)15-20-13-24(31)17-25(34)14-20/h7-14,16-18,34H,15H2,1-6H3,(H,32,35)/t18-/m0/s1. The van der Waals surface area contributed by atoms with Crippen LogP contribution in [0, 0.1) is 6.92 Å². The average Bonchev–Trinajstić information content (AvgIpc) is 3.02. The molecule has 3 aromatic carbocycles. The fourth-order valence-corrected chi connectivity index (χ4v) is 4.83. The number of benzene rings is 3. The zero-order valence-electron chi connectivity index (χ0n) is 21.2. The van der Waals surface area contributed by atoms with Gasteiger partial charge in [-0.15, -0.1) is 0 Å². The Morgan fingerprint density at radius 2 is 1.74 bits per heavy atom. The number of hydrogen-bond acceptors (Lipinski definition) is 2. The lowest BCUT2D eigenvalue weighted by Gasteiger charge is -2.20. The number of fused-ring (bicyclic) bond motifs is 1. The Morgan fingerprint density at radius 1 is 1.06 bits per heavy atom. The number of rotatable bonds is 5. The van der Waals surface area contributed by atoms with Crippen molar-refractivity contribution in [1.82, 2.24) is 9.88 Å². The van der Waals surface area contributed by atoms with Gasteiger partial charge in [-0.1, -0.05) is 62.7 Å². The first-order chi connectivity index (χ1) is 16.4. The van der Waals surface area contributed by atoms with E-state index in [0.29, 0.717) is 17.0 Å². The lowest BCUT2D eigenvalue weighted by atomic mass is 9.86. The summed E-state index contributed by atoms with van der Waals surface area (Å²) in [7, 11) is 2.01. The fraction of sp³-hybridized carbons (Fsp3) is 0.300. The van der Waals surface area contributed by atoms with Crippen molar-refractivity contribution >= 4 is 28.4 Å². The molecule has 182 valence electrons. The molecule has 2 N–H and O–H groups in total. The van der Waals surface area contributed by atoms with Crippen LogP contribution in [0.5, 0.6) is 5.75 Å². The second kappa shape index (κ2) is 9.43. The molecular formula is C30H33ClN2O2. The molecule has 4 rings (SSSR count). The zero-order chi connectivity index (χ0) is 25.5. The molecule has 0 bridgehead atoms. The molecule has 1 heterocycles. The van der Waals surface area contributed by atoms with E-state index in [9.17, 15) is 9.90 Å². The van der Waals surface area contributed by atoms with E-state index >= 15 is 0 Å². The molecule has 0 spiro atoms. The second-order valence-corrected chi connectivity index (χ2v) is 10.9. The van der Waals surface area contributed by atoms with Gasteiger partial charge >= 0.3 is 0 Å². The van der Waals surface area contributed by atoms with Crippen LogP contribution < -0.4 is 5.32 Å². The Kier molecular flexibility index (Phi) is 6.70. The number of nitrogens with zero attached hydrogens (tertiary/aromatic N) is 1. The highest BCUT2D eigenvalue weighted by Crippen LogP contribution is 2.30. The van der Waals surface area contributed by atoms with E-state index in [1.165, 1.54) is 11.6 Å². The van der Waals surface area contributed by atoms with Gasteiger partial charge in [0.1, 0.15) is 5.75 Å². The molecule has 0 fully saturated rings. The monoisotopic (exact) mass is 488 g/mol. The van der Waals surface area contributed by atoms with E-state index in [1.807, 2.05) is 38.2 Å². The smallest absolute Gasteiger partial charge is 0.251 e. The van der Waals surface area contributed by atoms with Gasteiger partial charge in [-0.05, 0) is 71.8 Å². The molecule has 0 aliphatic heterocycles. The molecule has 35 heavy (non-hydrogen) atoms. The predicted octanol–water partition coefficient (Wildman–Crippen LogP) is 7.23. The molecule has 0 radical (unpaired) electrons. The van der Waals surface area contributed by atoms with Crippen LogP contribution in [-0.2, 0) is 18.9 Å². The Hall–Kier alpha value is -3.24. The zero-order valence-corrected chi connectivity index (χ0v) is 22.0. The molecule has 0 aliphatic rings. The number of halogens is 1. The highest BCUT2D eigenvalue weighted by atomic mass is 35.5. The predicted molar refractivity (Wildman–Crippen MR) is 145 cm³/mol. The number of aromatic hydroxyl groups is 1. The van der Waals surface area contributed by atoms with Gasteiger partial charge in [0.25, 0.3) is 5.91 Å². The van der Waals surface area contributed by atoms with E-state index in [0.717, 1.165) is 33.3 Å². The number of aryl methyl sites for hydroxylation is 1. The van der Waals surface area contributed by atoms with Crippen LogP contribution in [0.15, 0.2) is 60.7 Å². The third kappa shape index (κ3) is 5.23. The molecule has 0 saturated heterocycles. The molecule has 1 atom stereocenters. The molecule has 0 saturated carbocycles. The maximum absolute atomic E-state index is 13.1. The number of amides is 1. The quantitative estimate of drug-likeness (QED) is 0.311. The van der Waals surface area contributed by atoms with Crippen LogP contribution in [0.4, 0.5) is 0 Å². The van der Waals surface area contributed by atoms with E-state index < -0.39 is 0 Å². The lowest BCUT2D eigenvalue weighted by molar-refractivity contribution is 0.0940. The molecular weight excluding hydrogens is 456 g/mol. The third-order valence-corrected chi connectivity index (χ3v) is 7.05. The number of carbonyl (C=O) groups excluding carboxylic acids is 1. The Bertz CT molecular complexity index is 1370. The highest BCUT2D eigenvalue weighted by Gasteiger charge is 2.18. The van der Waals surface area contributed by atoms with Crippen molar-refractivity contribution in [3.05, 3.63) is 99.2 Å². The molecule has 5 heteroatoms. The normalized spacial score (nSPS) is 12.7. The minimum atomic E-state index is -0.103. The van der Waals surface area contributed by atoms with Crippen LogP contribution in [0.3, 0.4) is 0 Å². The lowest BCUT2D eigenvalue weighted by Crippen LogP contribution is -2.26. The Labute approximate surface area is 212 Å². The summed E-state index contributed by atoms with van der Waals surface area (Å²) in [5.74, 6) is 0.0611. The number of aromatic nitrogens is 1. The van der Waals surface area contributed by atoms with E-state index in [-0.39, 0.29) is 23.1 Å². The van der Waals surface area contributed by atoms with Crippen molar-refractivity contribution in [3.8, 4) is 5.75 Å². The summed E-state index contributed by atoms with van der Waals surface area (Å²) in [5, 5.41) is 14.7. The van der Waals surface area contributed by atoms with Crippen molar-refractivity contribution in [1.29, 1.82) is 0 Å². The first-order valence-electron chi connectivity index (χ1n) is 11.9. The molecule has 0 unspecified atom stereocenters. The van der Waals surface area contributed by atoms with Gasteiger partial charge in [-0.2, -0.15) is 0 Å². The van der Waals surface area contributed by atoms with Crippen molar-refractivity contribution < 1.29 is 9.90 Å². The first-order valence-corrected chi connectivity index (χ1v) is 12.3. The van der Waals surface area contributed by atoms with E-state index in [4.69, 9.17) is 11.6 Å². The summed E-state index contributed by atoms with van der Waals surface area (Å²) in [6.45, 7) is 10.7. The van der Waals surface area contributed by atoms with Gasteiger partial charge < -0.3 is 15.0 Å². The van der Waals surface area contributed by atoms with E-state index in [2.05, 4.69) is 61.8 Å². The van der Waals surface area contributed by atoms with E-state index in [1.54, 1.807) is 6.07 Å². The van der Waals surface area contributed by atoms with Crippen LogP contribution in [0.25, 0.3) is 10.9 Å². The van der Waals surface area contributed by atoms with Crippen LogP contribution in [0.2, 0.25) is 5.02 Å². The summed E-state index contributed by atoms with van der Waals surface area (Å²) in [5.41, 5.74) is 7.29. The van der Waals surface area contributed by atoms with Crippen LogP contribution >= 0.6 is 11.6 Å². The van der Waals surface area contributed by atoms with Crippen molar-refractivity contribution in [2.45, 2.75) is 52.5 Å². The largest absolute Gasteiger partial charge is 0.508 e. The Balaban J connectivity index is 1.57. The second-order valence-electron chi connectivity index (χ2n) is 10.4. The van der Waals surface area contributed by atoms with Crippen molar-refractivity contribution in [3.63, 3.8) is 0 Å². The third-order valence-electron chi connectivity index (χ3n) is 6.83. The minimum Gasteiger partial charge on any atom is -0.508 e. The molecule has 1 aromatic heterocycles. The molecule has 0 aliphatic carbocycles. The maximum atomic E-state index is 13.1. The van der Waals surface area contributed by atoms with Crippen LogP contribution in [0.1, 0.15) is 72.0 Å². The van der Waals surface area contributed by atoms with Gasteiger partial charge in [-0.25, -0.2) is 0 Å². The Morgan fingerprint density at radius 3 is 2.37 bits per heavy atom. The highest BCUT2D eigenvalue weighted by molar-refractivity contribution is 6.30. The SMILES string of the molecule is Cc1c(Cc2cc(O)cc(Cl)c2)c2ccc(C(=O)N[C@@H](C)c3ccc(C(C)(C)C)cc3)cc2n1C. The van der Waals surface area contributed by atoms with Gasteiger partial charge in [0.15, 0.2) is 0 Å².